The zero-order chi connectivity index (χ0) is 32.5. The molecule has 2 spiro atoms. The van der Waals surface area contributed by atoms with Crippen LogP contribution in [0, 0.1) is 39.4 Å². The van der Waals surface area contributed by atoms with Crippen LogP contribution >= 0.6 is 11.3 Å². The standard InChI is InChI=1S/C39H56N2O4S/c1-26(2)40-34(44)41(21-15-29-11-8-22-46-29)25-38(45)18-14-32-36(38,4)17-13-31-35(3)16-12-28(42)23-37(35)19-20-39(31,32)30(24-37)33(43)27-9-6-5-7-10-27/h8,11,19-20,22,24,26-28,31-32,42,45H,5-7,9-10,12-18,21,23,25H2,1-4H3,(H,40,44)/t28?,31-,32-,35-,36+,37+,38-,39-/m1/s1. The van der Waals surface area contributed by atoms with Gasteiger partial charge in [0, 0.05) is 45.2 Å². The summed E-state index contributed by atoms with van der Waals surface area (Å²) < 4.78 is 0. The molecule has 6 nitrogen and oxygen atoms in total. The second-order valence-corrected chi connectivity index (χ2v) is 17.9. The van der Waals surface area contributed by atoms with Crippen molar-refractivity contribution < 1.29 is 19.8 Å². The van der Waals surface area contributed by atoms with Crippen LogP contribution in [0.25, 0.3) is 0 Å². The molecule has 2 bridgehead atoms. The highest BCUT2D eigenvalue weighted by atomic mass is 32.1. The van der Waals surface area contributed by atoms with Gasteiger partial charge in [-0.3, -0.25) is 4.79 Å². The molecule has 1 heterocycles. The van der Waals surface area contributed by atoms with Crippen molar-refractivity contribution in [3.05, 3.63) is 46.2 Å². The zero-order valence-corrected chi connectivity index (χ0v) is 29.3. The summed E-state index contributed by atoms with van der Waals surface area (Å²) in [6.07, 6.45) is 18.8. The van der Waals surface area contributed by atoms with Crippen LogP contribution in [-0.2, 0) is 11.2 Å². The van der Waals surface area contributed by atoms with Crippen LogP contribution in [0.4, 0.5) is 4.79 Å². The molecule has 8 rings (SSSR count). The van der Waals surface area contributed by atoms with Crippen molar-refractivity contribution in [1.82, 2.24) is 10.2 Å². The molecule has 1 aromatic rings. The van der Waals surface area contributed by atoms with Crippen molar-refractivity contribution in [2.24, 2.45) is 39.4 Å². The molecule has 1 aromatic heterocycles. The van der Waals surface area contributed by atoms with Gasteiger partial charge in [-0.25, -0.2) is 4.79 Å². The lowest BCUT2D eigenvalue weighted by molar-refractivity contribution is -0.178. The molecule has 0 radical (unpaired) electrons. The minimum Gasteiger partial charge on any atom is -0.393 e. The molecular weight excluding hydrogens is 593 g/mol. The number of thiophene rings is 1. The number of aliphatic hydroxyl groups excluding tert-OH is 1. The van der Waals surface area contributed by atoms with Crippen molar-refractivity contribution in [2.75, 3.05) is 13.1 Å². The summed E-state index contributed by atoms with van der Waals surface area (Å²) in [5.41, 5.74) is -1.20. The van der Waals surface area contributed by atoms with E-state index in [9.17, 15) is 19.8 Å². The molecule has 2 amide bonds. The Hall–Kier alpha value is -1.96. The van der Waals surface area contributed by atoms with Gasteiger partial charge in [-0.15, -0.1) is 11.3 Å². The Labute approximate surface area is 280 Å². The fourth-order valence-corrected chi connectivity index (χ4v) is 12.5. The predicted molar refractivity (Wildman–Crippen MR) is 183 cm³/mol. The molecule has 46 heavy (non-hydrogen) atoms. The molecule has 8 atom stereocenters. The second kappa shape index (κ2) is 11.6. The molecule has 7 aliphatic carbocycles. The first-order valence-electron chi connectivity index (χ1n) is 18.3. The first-order chi connectivity index (χ1) is 21.9. The number of carbonyl (C=O) groups excluding carboxylic acids is 2. The number of rotatable bonds is 8. The van der Waals surface area contributed by atoms with Gasteiger partial charge in [0.25, 0.3) is 0 Å². The van der Waals surface area contributed by atoms with Crippen LogP contribution in [0.3, 0.4) is 0 Å². The van der Waals surface area contributed by atoms with Gasteiger partial charge in [0.15, 0.2) is 5.78 Å². The maximum absolute atomic E-state index is 14.8. The van der Waals surface area contributed by atoms with Gasteiger partial charge in [-0.2, -0.15) is 0 Å². The summed E-state index contributed by atoms with van der Waals surface area (Å²) in [5, 5.41) is 29.1. The zero-order valence-electron chi connectivity index (χ0n) is 28.5. The number of nitrogens with one attached hydrogen (secondary N) is 1. The van der Waals surface area contributed by atoms with E-state index in [1.165, 1.54) is 11.3 Å². The molecule has 0 saturated heterocycles. The van der Waals surface area contributed by atoms with Crippen LogP contribution in [0.15, 0.2) is 41.3 Å². The van der Waals surface area contributed by atoms with Crippen molar-refractivity contribution in [3.63, 3.8) is 0 Å². The molecule has 0 aromatic carbocycles. The number of hydrogen-bond donors (Lipinski definition) is 3. The molecule has 3 N–H and O–H groups in total. The van der Waals surface area contributed by atoms with Crippen molar-refractivity contribution in [3.8, 4) is 0 Å². The van der Waals surface area contributed by atoms with Crippen LogP contribution in [-0.4, -0.2) is 57.8 Å². The highest BCUT2D eigenvalue weighted by Gasteiger charge is 2.74. The lowest BCUT2D eigenvalue weighted by Gasteiger charge is -2.71. The average Bonchev–Trinajstić information content (AvgIpc) is 3.64. The Balaban J connectivity index is 1.26. The third-order valence-corrected chi connectivity index (χ3v) is 15.2. The number of hydrogen-bond acceptors (Lipinski definition) is 5. The fourth-order valence-electron chi connectivity index (χ4n) is 11.8. The Morgan fingerprint density at radius 3 is 2.43 bits per heavy atom. The fraction of sp³-hybridized carbons (Fsp3) is 0.744. The van der Waals surface area contributed by atoms with E-state index in [2.05, 4.69) is 54.9 Å². The Kier molecular flexibility index (Phi) is 8.20. The quantitative estimate of drug-likeness (QED) is 0.256. The van der Waals surface area contributed by atoms with E-state index < -0.39 is 16.4 Å². The molecule has 7 aliphatic rings. The van der Waals surface area contributed by atoms with E-state index in [1.807, 2.05) is 18.7 Å². The Bertz CT molecular complexity index is 1400. The van der Waals surface area contributed by atoms with E-state index in [-0.39, 0.29) is 40.8 Å². The first kappa shape index (κ1) is 32.6. The van der Waals surface area contributed by atoms with E-state index in [4.69, 9.17) is 0 Å². The molecule has 4 saturated carbocycles. The highest BCUT2D eigenvalue weighted by molar-refractivity contribution is 7.09. The third kappa shape index (κ3) is 4.75. The first-order valence-corrected chi connectivity index (χ1v) is 19.2. The predicted octanol–water partition coefficient (Wildman–Crippen LogP) is 7.45. The van der Waals surface area contributed by atoms with Crippen molar-refractivity contribution in [1.29, 1.82) is 0 Å². The highest BCUT2D eigenvalue weighted by Crippen LogP contribution is 2.78. The lowest BCUT2D eigenvalue weighted by atomic mass is 9.32. The van der Waals surface area contributed by atoms with Crippen LogP contribution < -0.4 is 5.32 Å². The second-order valence-electron chi connectivity index (χ2n) is 16.9. The van der Waals surface area contributed by atoms with Gasteiger partial charge in [-0.1, -0.05) is 57.4 Å². The number of urea groups is 1. The molecule has 4 fully saturated rings. The molecule has 1 unspecified atom stereocenters. The number of carbonyl (C=O) groups is 2. The summed E-state index contributed by atoms with van der Waals surface area (Å²) >= 11 is 1.71. The smallest absolute Gasteiger partial charge is 0.317 e. The molecule has 252 valence electrons. The minimum atomic E-state index is -1.05. The van der Waals surface area contributed by atoms with Crippen LogP contribution in [0.1, 0.15) is 110 Å². The number of aliphatic hydroxyl groups is 2. The summed E-state index contributed by atoms with van der Waals surface area (Å²) in [5.74, 6) is 0.863. The normalized spacial score (nSPS) is 41.5. The number of nitrogens with zero attached hydrogens (tertiary/aromatic N) is 1. The number of amides is 2. The van der Waals surface area contributed by atoms with Gasteiger partial charge < -0.3 is 20.4 Å². The Morgan fingerprint density at radius 1 is 1.00 bits per heavy atom. The van der Waals surface area contributed by atoms with Crippen LogP contribution in [0.5, 0.6) is 0 Å². The van der Waals surface area contributed by atoms with Gasteiger partial charge >= 0.3 is 6.03 Å². The van der Waals surface area contributed by atoms with Crippen molar-refractivity contribution in [2.45, 2.75) is 129 Å². The SMILES string of the molecule is CC(C)NC(=O)N(CCc1cccs1)C[C@]1(O)CC[C@H]2[C@]34C=C[C@@]5(C=C3C(=O)C3CCCCC3)CC(O)CC[C@]5(C)[C@H]4CC[C@@]21C. The number of Topliss-reactive ketones (excluding diaryl/α,β-unsaturated/α-hetero) is 1. The van der Waals surface area contributed by atoms with Gasteiger partial charge in [-0.05, 0) is 107 Å². The average molecular weight is 649 g/mol. The topological polar surface area (TPSA) is 89.9 Å². The lowest BCUT2D eigenvalue weighted by Crippen LogP contribution is -2.67. The molecular formula is C39H56N2O4S. The van der Waals surface area contributed by atoms with E-state index >= 15 is 0 Å². The molecule has 0 aliphatic heterocycles. The van der Waals surface area contributed by atoms with E-state index in [0.717, 1.165) is 69.8 Å². The number of fused-ring (bicyclic) bond motifs is 1. The summed E-state index contributed by atoms with van der Waals surface area (Å²) in [4.78, 5) is 31.5. The Morgan fingerprint density at radius 2 is 1.72 bits per heavy atom. The number of ketones is 1. The van der Waals surface area contributed by atoms with Crippen LogP contribution in [0.2, 0.25) is 0 Å². The van der Waals surface area contributed by atoms with E-state index in [1.54, 1.807) is 11.3 Å². The van der Waals surface area contributed by atoms with Gasteiger partial charge in [0.1, 0.15) is 0 Å². The van der Waals surface area contributed by atoms with Gasteiger partial charge in [0.2, 0.25) is 0 Å². The largest absolute Gasteiger partial charge is 0.393 e. The third-order valence-electron chi connectivity index (χ3n) is 14.3. The maximum Gasteiger partial charge on any atom is 0.317 e. The van der Waals surface area contributed by atoms with Gasteiger partial charge in [0.05, 0.1) is 18.2 Å². The summed E-state index contributed by atoms with van der Waals surface area (Å²) in [7, 11) is 0. The number of allylic oxidation sites excluding steroid dienone is 4. The summed E-state index contributed by atoms with van der Waals surface area (Å²) in [6, 6.07) is 4.07. The van der Waals surface area contributed by atoms with Crippen molar-refractivity contribution >= 4 is 23.2 Å². The minimum absolute atomic E-state index is 0.00996. The monoisotopic (exact) mass is 648 g/mol. The molecule has 7 heteroatoms. The summed E-state index contributed by atoms with van der Waals surface area (Å²) in [6.45, 7) is 9.57. The van der Waals surface area contributed by atoms with E-state index in [0.29, 0.717) is 37.6 Å². The maximum atomic E-state index is 14.8.